The Morgan fingerprint density at radius 1 is 1.47 bits per heavy atom. The molecule has 0 aliphatic heterocycles. The molecule has 0 unspecified atom stereocenters. The van der Waals surface area contributed by atoms with Crippen LogP contribution in [-0.2, 0) is 16.9 Å². The molecular weight excluding hydrogens is 215 g/mol. The van der Waals surface area contributed by atoms with Crippen LogP contribution < -0.4 is 0 Å². The predicted octanol–water partition coefficient (Wildman–Crippen LogP) is 3.68. The summed E-state index contributed by atoms with van der Waals surface area (Å²) in [5.41, 5.74) is -0.437. The minimum absolute atomic E-state index is 0.00256. The highest BCUT2D eigenvalue weighted by atomic mass is 35.5. The summed E-state index contributed by atoms with van der Waals surface area (Å²) in [7, 11) is 0. The molecule has 1 aromatic carbocycles. The van der Waals surface area contributed by atoms with Gasteiger partial charge in [0.05, 0.1) is 0 Å². The molecule has 0 amide bonds. The van der Waals surface area contributed by atoms with Crippen LogP contribution in [-0.4, -0.2) is 5.78 Å². The number of alkyl halides is 1. The molecule has 3 heteroatoms. The average Bonchev–Trinajstić information content (AvgIpc) is 1.99. The van der Waals surface area contributed by atoms with Crippen molar-refractivity contribution >= 4 is 17.4 Å². The SMILES string of the molecule is CC(=O)Cc1cccc(Cl)c1C(C)(C)F. The topological polar surface area (TPSA) is 17.1 Å². The maximum absolute atomic E-state index is 13.9. The first kappa shape index (κ1) is 12.2. The molecule has 0 aliphatic carbocycles. The van der Waals surface area contributed by atoms with E-state index >= 15 is 0 Å². The highest BCUT2D eigenvalue weighted by molar-refractivity contribution is 6.31. The molecule has 0 aliphatic rings. The Morgan fingerprint density at radius 2 is 2.07 bits per heavy atom. The quantitative estimate of drug-likeness (QED) is 0.772. The van der Waals surface area contributed by atoms with Crippen LogP contribution in [0, 0.1) is 0 Å². The van der Waals surface area contributed by atoms with Crippen LogP contribution in [0.25, 0.3) is 0 Å². The molecule has 1 aromatic rings. The van der Waals surface area contributed by atoms with E-state index in [0.29, 0.717) is 16.1 Å². The molecule has 0 N–H and O–H groups in total. The Bertz CT molecular complexity index is 380. The average molecular weight is 229 g/mol. The van der Waals surface area contributed by atoms with Gasteiger partial charge in [0.2, 0.25) is 0 Å². The lowest BCUT2D eigenvalue weighted by molar-refractivity contribution is -0.116. The van der Waals surface area contributed by atoms with Gasteiger partial charge in [0.25, 0.3) is 0 Å². The van der Waals surface area contributed by atoms with Gasteiger partial charge in [0.1, 0.15) is 11.5 Å². The van der Waals surface area contributed by atoms with E-state index in [4.69, 9.17) is 11.6 Å². The molecule has 15 heavy (non-hydrogen) atoms. The second-order valence-electron chi connectivity index (χ2n) is 4.13. The number of carbonyl (C=O) groups excluding carboxylic acids is 1. The van der Waals surface area contributed by atoms with Gasteiger partial charge < -0.3 is 0 Å². The molecule has 0 spiro atoms. The summed E-state index contributed by atoms with van der Waals surface area (Å²) in [4.78, 5) is 11.0. The summed E-state index contributed by atoms with van der Waals surface area (Å²) in [6.07, 6.45) is 0.225. The Balaban J connectivity index is 3.27. The van der Waals surface area contributed by atoms with Gasteiger partial charge in [-0.15, -0.1) is 0 Å². The predicted molar refractivity (Wildman–Crippen MR) is 60.0 cm³/mol. The molecule has 0 aromatic heterocycles. The fraction of sp³-hybridized carbons (Fsp3) is 0.417. The van der Waals surface area contributed by atoms with Crippen molar-refractivity contribution in [1.29, 1.82) is 0 Å². The number of carbonyl (C=O) groups is 1. The maximum Gasteiger partial charge on any atom is 0.134 e. The first-order valence-electron chi connectivity index (χ1n) is 4.78. The van der Waals surface area contributed by atoms with Gasteiger partial charge >= 0.3 is 0 Å². The molecule has 0 fully saturated rings. The minimum Gasteiger partial charge on any atom is -0.300 e. The maximum atomic E-state index is 13.9. The van der Waals surface area contributed by atoms with E-state index < -0.39 is 5.67 Å². The molecule has 0 radical (unpaired) electrons. The second kappa shape index (κ2) is 4.31. The zero-order valence-corrected chi connectivity index (χ0v) is 9.86. The monoisotopic (exact) mass is 228 g/mol. The number of rotatable bonds is 3. The second-order valence-corrected chi connectivity index (χ2v) is 4.53. The zero-order valence-electron chi connectivity index (χ0n) is 9.10. The highest BCUT2D eigenvalue weighted by Crippen LogP contribution is 2.34. The summed E-state index contributed by atoms with van der Waals surface area (Å²) in [5, 5.41) is 0.376. The van der Waals surface area contributed by atoms with Gasteiger partial charge in [0.15, 0.2) is 0 Å². The Kier molecular flexibility index (Phi) is 3.50. The molecule has 0 heterocycles. The summed E-state index contributed by atoms with van der Waals surface area (Å²) < 4.78 is 13.9. The van der Waals surface area contributed by atoms with Gasteiger partial charge in [-0.1, -0.05) is 23.7 Å². The van der Waals surface area contributed by atoms with Crippen molar-refractivity contribution in [2.45, 2.75) is 32.9 Å². The van der Waals surface area contributed by atoms with Gasteiger partial charge in [-0.2, -0.15) is 0 Å². The van der Waals surface area contributed by atoms with Crippen molar-refractivity contribution in [1.82, 2.24) is 0 Å². The number of benzene rings is 1. The van der Waals surface area contributed by atoms with Crippen LogP contribution >= 0.6 is 11.6 Å². The minimum atomic E-state index is -1.52. The summed E-state index contributed by atoms with van der Waals surface area (Å²) >= 11 is 5.95. The van der Waals surface area contributed by atoms with Crippen molar-refractivity contribution in [3.8, 4) is 0 Å². The third-order valence-corrected chi connectivity index (χ3v) is 2.45. The van der Waals surface area contributed by atoms with E-state index in [1.165, 1.54) is 20.8 Å². The number of hydrogen-bond donors (Lipinski definition) is 0. The molecule has 0 saturated carbocycles. The fourth-order valence-corrected chi connectivity index (χ4v) is 2.07. The standard InChI is InChI=1S/C12H14ClFO/c1-8(15)7-9-5-4-6-10(13)11(9)12(2,3)14/h4-6H,7H2,1-3H3. The number of hydrogen-bond acceptors (Lipinski definition) is 1. The molecule has 0 bridgehead atoms. The third kappa shape index (κ3) is 3.03. The van der Waals surface area contributed by atoms with Crippen molar-refractivity contribution in [3.05, 3.63) is 34.3 Å². The van der Waals surface area contributed by atoms with Crippen molar-refractivity contribution in [2.24, 2.45) is 0 Å². The van der Waals surface area contributed by atoms with E-state index in [1.54, 1.807) is 18.2 Å². The van der Waals surface area contributed by atoms with E-state index in [9.17, 15) is 9.18 Å². The number of Topliss-reactive ketones (excluding diaryl/α,β-unsaturated/α-hetero) is 1. The third-order valence-electron chi connectivity index (χ3n) is 2.13. The van der Waals surface area contributed by atoms with Crippen molar-refractivity contribution in [2.75, 3.05) is 0 Å². The van der Waals surface area contributed by atoms with Crippen LogP contribution in [0.2, 0.25) is 5.02 Å². The van der Waals surface area contributed by atoms with Crippen LogP contribution in [0.5, 0.6) is 0 Å². The zero-order chi connectivity index (χ0) is 11.6. The van der Waals surface area contributed by atoms with Crippen LogP contribution in [0.1, 0.15) is 31.9 Å². The highest BCUT2D eigenvalue weighted by Gasteiger charge is 2.25. The van der Waals surface area contributed by atoms with Crippen LogP contribution in [0.4, 0.5) is 4.39 Å². The molecule has 1 rings (SSSR count). The van der Waals surface area contributed by atoms with Gasteiger partial charge in [-0.25, -0.2) is 4.39 Å². The van der Waals surface area contributed by atoms with Crippen molar-refractivity contribution in [3.63, 3.8) is 0 Å². The van der Waals surface area contributed by atoms with E-state index in [0.717, 1.165) is 0 Å². The Hall–Kier alpha value is -0.890. The Labute approximate surface area is 94.3 Å². The lowest BCUT2D eigenvalue weighted by atomic mass is 9.92. The van der Waals surface area contributed by atoms with Crippen molar-refractivity contribution < 1.29 is 9.18 Å². The largest absolute Gasteiger partial charge is 0.300 e. The van der Waals surface area contributed by atoms with Crippen LogP contribution in [0.15, 0.2) is 18.2 Å². The lowest BCUT2D eigenvalue weighted by Gasteiger charge is -2.20. The first-order valence-corrected chi connectivity index (χ1v) is 5.16. The fourth-order valence-electron chi connectivity index (χ4n) is 1.65. The van der Waals surface area contributed by atoms with E-state index in [2.05, 4.69) is 0 Å². The molecule has 0 saturated heterocycles. The first-order chi connectivity index (χ1) is 6.82. The smallest absolute Gasteiger partial charge is 0.134 e. The van der Waals surface area contributed by atoms with E-state index in [1.807, 2.05) is 0 Å². The van der Waals surface area contributed by atoms with Gasteiger partial charge in [-0.05, 0) is 32.4 Å². The van der Waals surface area contributed by atoms with Gasteiger partial charge in [-0.3, -0.25) is 4.79 Å². The van der Waals surface area contributed by atoms with Crippen LogP contribution in [0.3, 0.4) is 0 Å². The lowest BCUT2D eigenvalue weighted by Crippen LogP contribution is -2.14. The summed E-state index contributed by atoms with van der Waals surface area (Å²) in [5.74, 6) is 0.00256. The number of halogens is 2. The molecule has 82 valence electrons. The Morgan fingerprint density at radius 3 is 2.53 bits per heavy atom. The molecule has 0 atom stereocenters. The summed E-state index contributed by atoms with van der Waals surface area (Å²) in [6, 6.07) is 5.11. The molecule has 1 nitrogen and oxygen atoms in total. The molecular formula is C12H14ClFO. The van der Waals surface area contributed by atoms with Gasteiger partial charge in [0, 0.05) is 17.0 Å². The summed E-state index contributed by atoms with van der Waals surface area (Å²) in [6.45, 7) is 4.37. The van der Waals surface area contributed by atoms with E-state index in [-0.39, 0.29) is 12.2 Å². The normalized spacial score (nSPS) is 11.5. The number of ketones is 1.